The van der Waals surface area contributed by atoms with Crippen LogP contribution in [0.3, 0.4) is 0 Å². The van der Waals surface area contributed by atoms with Gasteiger partial charge in [-0.1, -0.05) is 297 Å². The lowest BCUT2D eigenvalue weighted by molar-refractivity contribution is 1.32. The molecule has 0 aliphatic heterocycles. The molecule has 0 amide bonds. The van der Waals surface area contributed by atoms with Crippen molar-refractivity contribution in [2.45, 2.75) is 0 Å². The van der Waals surface area contributed by atoms with E-state index in [9.17, 15) is 0 Å². The summed E-state index contributed by atoms with van der Waals surface area (Å²) in [5.74, 6) is 0. The lowest BCUT2D eigenvalue weighted by atomic mass is 9.96. The predicted octanol–water partition coefficient (Wildman–Crippen LogP) is 28.4. The Labute approximate surface area is 661 Å². The Morgan fingerprint density at radius 2 is 0.414 bits per heavy atom. The van der Waals surface area contributed by atoms with Gasteiger partial charge in [0.15, 0.2) is 0 Å². The van der Waals surface area contributed by atoms with E-state index in [0.29, 0.717) is 0 Å². The molecule has 8 aromatic heterocycles. The van der Waals surface area contributed by atoms with Gasteiger partial charge in [-0.2, -0.15) is 0 Å². The first kappa shape index (κ1) is 64.1. The Bertz CT molecular complexity index is 8880. The van der Waals surface area contributed by atoms with Crippen LogP contribution >= 0.6 is 0 Å². The molecule has 28 aromatic rings. The number of aromatic nitrogens is 8. The van der Waals surface area contributed by atoms with Crippen LogP contribution in [-0.4, -0.2) is 37.5 Å². The van der Waals surface area contributed by atoms with Crippen molar-refractivity contribution in [2.24, 2.45) is 0 Å². The first-order valence-corrected chi connectivity index (χ1v) is 39.7. The second-order valence-electron chi connectivity index (χ2n) is 30.7. The van der Waals surface area contributed by atoms with Crippen molar-refractivity contribution >= 4 is 240 Å². The topological polar surface area (TPSA) is 69.2 Å². The average molecular weight is 1470 g/mol. The molecule has 8 heterocycles. The van der Waals surface area contributed by atoms with Crippen LogP contribution < -0.4 is 0 Å². The quantitative estimate of drug-likeness (QED) is 0.112. The summed E-state index contributed by atoms with van der Waals surface area (Å²) in [6.45, 7) is 0. The Morgan fingerprint density at radius 1 is 0.138 bits per heavy atom. The summed E-state index contributed by atoms with van der Waals surface area (Å²) in [5.41, 5.74) is 17.7. The molecule has 0 unspecified atom stereocenters. The van der Waals surface area contributed by atoms with Crippen molar-refractivity contribution in [3.8, 4) is 0 Å². The first-order chi connectivity index (χ1) is 57.5. The maximum Gasteiger partial charge on any atom is 0.147 e. The van der Waals surface area contributed by atoms with Crippen molar-refractivity contribution < 1.29 is 0 Å². The summed E-state index contributed by atoms with van der Waals surface area (Å²) >= 11 is 0. The number of pyridine rings is 4. The number of nitrogens with zero attached hydrogens (tertiary/aromatic N) is 8. The molecular weight excluding hydrogens is 1410 g/mol. The highest BCUT2D eigenvalue weighted by molar-refractivity contribution is 6.31. The van der Waals surface area contributed by atoms with Crippen molar-refractivity contribution in [3.05, 3.63) is 388 Å². The van der Waals surface area contributed by atoms with Crippen LogP contribution in [0.25, 0.3) is 240 Å². The van der Waals surface area contributed by atoms with Crippen LogP contribution in [0, 0.1) is 0 Å². The van der Waals surface area contributed by atoms with Crippen LogP contribution in [0.1, 0.15) is 0 Å². The minimum Gasteiger partial charge on any atom is -0.292 e. The third-order valence-corrected chi connectivity index (χ3v) is 24.4. The molecule has 0 saturated heterocycles. The van der Waals surface area contributed by atoms with Gasteiger partial charge >= 0.3 is 0 Å². The molecule has 8 heteroatoms. The normalized spacial score (nSPS) is 12.1. The summed E-state index contributed by atoms with van der Waals surface area (Å²) in [7, 11) is 0. The number of rotatable bonds is 0. The summed E-state index contributed by atoms with van der Waals surface area (Å²) in [6.07, 6.45) is 0. The first-order valence-electron chi connectivity index (χ1n) is 39.7. The molecule has 0 fully saturated rings. The van der Waals surface area contributed by atoms with E-state index in [2.05, 4.69) is 406 Å². The van der Waals surface area contributed by atoms with Crippen LogP contribution in [0.5, 0.6) is 0 Å². The third kappa shape index (κ3) is 9.49. The van der Waals surface area contributed by atoms with E-state index in [4.69, 9.17) is 19.9 Å². The molecule has 0 aliphatic carbocycles. The van der Waals surface area contributed by atoms with Crippen molar-refractivity contribution in [1.82, 2.24) is 37.5 Å². The Hall–Kier alpha value is -15.6. The highest BCUT2D eigenvalue weighted by atomic mass is 15.0. The monoisotopic (exact) mass is 1470 g/mol. The Morgan fingerprint density at radius 3 is 0.871 bits per heavy atom. The van der Waals surface area contributed by atoms with Crippen molar-refractivity contribution in [2.75, 3.05) is 0 Å². The molecule has 0 N–H and O–H groups in total. The highest BCUT2D eigenvalue weighted by Gasteiger charge is 2.23. The van der Waals surface area contributed by atoms with Gasteiger partial charge in [0.25, 0.3) is 0 Å². The number of imidazole rings is 4. The SMILES string of the molecule is c1ccc2c(c1)ccc1c2c2ccc3ccccc3c2c2nc3ccccc3n12.c1ccc2c(c1)ccc1c3ccc4ccccc4c3n3c4ccccc4nc3c21.c1ccc2cc3c(cc2c1)c1cc2ccccc2cc1n1c2ccccc2nc31.c1ccc2cc3c(cc2c1)c1ccc2ccccc2c1c1nc2ccccc2n31. The van der Waals surface area contributed by atoms with E-state index in [1.54, 1.807) is 0 Å². The van der Waals surface area contributed by atoms with Crippen LogP contribution in [0.2, 0.25) is 0 Å². The van der Waals surface area contributed by atoms with E-state index in [-0.39, 0.29) is 0 Å². The highest BCUT2D eigenvalue weighted by Crippen LogP contribution is 2.45. The fraction of sp³-hybridized carbons (Fsp3) is 0. The summed E-state index contributed by atoms with van der Waals surface area (Å²) in [6, 6.07) is 139. The smallest absolute Gasteiger partial charge is 0.147 e. The number of hydrogen-bond acceptors (Lipinski definition) is 4. The lowest BCUT2D eigenvalue weighted by Crippen LogP contribution is -1.93. The van der Waals surface area contributed by atoms with Gasteiger partial charge in [-0.3, -0.25) is 17.6 Å². The standard InChI is InChI=1S/4C27H16N2/c1-3-9-19-18(8-1)14-16-24-25(19)21-15-13-17-7-2-4-10-20(17)26(21)27-28-22-11-5-6-12-23(22)29(24)27;1-3-9-19-17(7-1)13-15-21-22-16-14-18-8-2-4-10-20(18)26(22)29-24-12-6-5-11-23(24)28-27(29)25(19)21;1-2-9-19-16-25-22(15-18(19)8-1)21-14-13-17-7-3-4-10-20(17)26(21)27-28-23-11-5-6-12-24(23)29(25)27;1-2-9-19-15-23-21(13-17(19)7-1)22-14-18-8-3-4-10-20(18)16-26(22)29-25-12-6-5-11-24(25)28-27(23)29/h4*1-16H. The fourth-order valence-corrected chi connectivity index (χ4v) is 19.3. The van der Waals surface area contributed by atoms with Gasteiger partial charge in [0.2, 0.25) is 0 Å². The second-order valence-corrected chi connectivity index (χ2v) is 30.7. The van der Waals surface area contributed by atoms with E-state index in [0.717, 1.165) is 66.7 Å². The molecule has 0 radical (unpaired) electrons. The zero-order valence-corrected chi connectivity index (χ0v) is 62.5. The molecule has 8 nitrogen and oxygen atoms in total. The molecule has 0 aliphatic rings. The Balaban J connectivity index is 0.0000000866. The number of benzene rings is 20. The van der Waals surface area contributed by atoms with E-state index >= 15 is 0 Å². The zero-order chi connectivity index (χ0) is 75.8. The van der Waals surface area contributed by atoms with Gasteiger partial charge in [-0.25, -0.2) is 19.9 Å². The van der Waals surface area contributed by atoms with E-state index in [1.807, 2.05) is 0 Å². The zero-order valence-electron chi connectivity index (χ0n) is 62.5. The van der Waals surface area contributed by atoms with Gasteiger partial charge < -0.3 is 0 Å². The van der Waals surface area contributed by atoms with Crippen LogP contribution in [0.4, 0.5) is 0 Å². The molecule has 20 aromatic carbocycles. The molecule has 536 valence electrons. The third-order valence-electron chi connectivity index (χ3n) is 24.4. The maximum absolute atomic E-state index is 5.11. The van der Waals surface area contributed by atoms with Crippen molar-refractivity contribution in [3.63, 3.8) is 0 Å². The molecule has 28 rings (SSSR count). The minimum atomic E-state index is 1.02. The average Bonchev–Trinajstić information content (AvgIpc) is 1.47. The van der Waals surface area contributed by atoms with Gasteiger partial charge in [0.1, 0.15) is 22.6 Å². The second kappa shape index (κ2) is 24.9. The molecule has 116 heavy (non-hydrogen) atoms. The molecule has 0 bridgehead atoms. The molecular formula is C108H64N8. The number of fused-ring (bicyclic) bond motifs is 45. The lowest BCUT2D eigenvalue weighted by Gasteiger charge is -2.13. The Kier molecular flexibility index (Phi) is 13.8. The van der Waals surface area contributed by atoms with E-state index < -0.39 is 0 Å². The van der Waals surface area contributed by atoms with Crippen molar-refractivity contribution in [1.29, 1.82) is 0 Å². The summed E-state index contributed by atoms with van der Waals surface area (Å²) < 4.78 is 9.37. The van der Waals surface area contributed by atoms with Gasteiger partial charge in [-0.15, -0.1) is 0 Å². The van der Waals surface area contributed by atoms with Crippen LogP contribution in [-0.2, 0) is 0 Å². The predicted molar refractivity (Wildman–Crippen MR) is 491 cm³/mol. The van der Waals surface area contributed by atoms with Gasteiger partial charge in [0.05, 0.1) is 66.2 Å². The minimum absolute atomic E-state index is 1.02. The summed E-state index contributed by atoms with van der Waals surface area (Å²) in [4.78, 5) is 20.3. The molecule has 0 saturated carbocycles. The number of hydrogen-bond donors (Lipinski definition) is 0. The largest absolute Gasteiger partial charge is 0.292 e. The van der Waals surface area contributed by atoms with E-state index in [1.165, 1.54) is 173 Å². The summed E-state index contributed by atoms with van der Waals surface area (Å²) in [5, 5.41) is 35.0. The number of para-hydroxylation sites is 8. The molecule has 0 atom stereocenters. The fourth-order valence-electron chi connectivity index (χ4n) is 19.3. The van der Waals surface area contributed by atoms with Gasteiger partial charge in [0, 0.05) is 48.5 Å². The van der Waals surface area contributed by atoms with Gasteiger partial charge in [-0.05, 0) is 193 Å². The molecule has 0 spiro atoms. The maximum atomic E-state index is 5.11. The van der Waals surface area contributed by atoms with Crippen LogP contribution in [0.15, 0.2) is 388 Å².